The van der Waals surface area contributed by atoms with Crippen LogP contribution in [0.15, 0.2) is 18.2 Å². The third kappa shape index (κ3) is 5.12. The molecule has 0 nitrogen and oxygen atoms in total. The van der Waals surface area contributed by atoms with E-state index in [0.717, 1.165) is 31.7 Å². The minimum Gasteiger partial charge on any atom is -0.206 e. The van der Waals surface area contributed by atoms with E-state index in [1.54, 1.807) is 0 Å². The maximum atomic E-state index is 14.6. The first-order valence-electron chi connectivity index (χ1n) is 10.9. The molecule has 0 atom stereocenters. The molecule has 0 N–H and O–H groups in total. The lowest BCUT2D eigenvalue weighted by Gasteiger charge is -2.29. The number of hydrogen-bond acceptors (Lipinski definition) is 0. The molecule has 6 heteroatoms. The van der Waals surface area contributed by atoms with Crippen LogP contribution in [-0.4, -0.2) is 0 Å². The Bertz CT molecular complexity index is 862. The van der Waals surface area contributed by atoms with Crippen LogP contribution in [0.4, 0.5) is 26.3 Å². The summed E-state index contributed by atoms with van der Waals surface area (Å²) < 4.78 is 81.6. The number of halogens is 6. The van der Waals surface area contributed by atoms with Crippen molar-refractivity contribution in [3.05, 3.63) is 46.8 Å². The summed E-state index contributed by atoms with van der Waals surface area (Å²) in [4.78, 5) is 0. The number of alkyl halides is 3. The van der Waals surface area contributed by atoms with Gasteiger partial charge in [-0.3, -0.25) is 0 Å². The summed E-state index contributed by atoms with van der Waals surface area (Å²) in [7, 11) is 0. The Balaban J connectivity index is 1.72. The second kappa shape index (κ2) is 9.61. The van der Waals surface area contributed by atoms with Crippen molar-refractivity contribution in [3.63, 3.8) is 0 Å². The fourth-order valence-corrected chi connectivity index (χ4v) is 4.75. The second-order valence-electron chi connectivity index (χ2n) is 8.57. The molecule has 0 aromatic heterocycles. The molecule has 0 radical (unpaired) electrons. The highest BCUT2D eigenvalue weighted by Crippen LogP contribution is 2.41. The molecular weight excluding hydrogens is 402 g/mol. The maximum absolute atomic E-state index is 14.6. The van der Waals surface area contributed by atoms with E-state index in [2.05, 4.69) is 6.92 Å². The zero-order valence-electron chi connectivity index (χ0n) is 17.2. The lowest BCUT2D eigenvalue weighted by atomic mass is 9.76. The van der Waals surface area contributed by atoms with Gasteiger partial charge >= 0.3 is 6.18 Å². The topological polar surface area (TPSA) is 0 Å². The van der Waals surface area contributed by atoms with E-state index in [0.29, 0.717) is 17.5 Å². The molecule has 1 fully saturated rings. The van der Waals surface area contributed by atoms with Crippen molar-refractivity contribution in [2.24, 2.45) is 5.92 Å². The van der Waals surface area contributed by atoms with Crippen molar-refractivity contribution in [1.29, 1.82) is 0 Å². The number of fused-ring (bicyclic) bond motifs is 1. The van der Waals surface area contributed by atoms with Gasteiger partial charge in [-0.25, -0.2) is 13.2 Å². The molecule has 0 unspecified atom stereocenters. The molecule has 1 aliphatic carbocycles. The van der Waals surface area contributed by atoms with Gasteiger partial charge in [0.15, 0.2) is 0 Å². The highest BCUT2D eigenvalue weighted by molar-refractivity contribution is 5.85. The number of hydrogen-bond donors (Lipinski definition) is 0. The van der Waals surface area contributed by atoms with Crippen molar-refractivity contribution in [1.82, 2.24) is 0 Å². The number of benzene rings is 2. The van der Waals surface area contributed by atoms with Crippen LogP contribution in [0.25, 0.3) is 10.8 Å². The molecule has 2 aromatic carbocycles. The quantitative estimate of drug-likeness (QED) is 0.304. The molecule has 166 valence electrons. The predicted molar refractivity (Wildman–Crippen MR) is 107 cm³/mol. The van der Waals surface area contributed by atoms with Crippen LogP contribution in [0.5, 0.6) is 0 Å². The molecule has 0 heterocycles. The summed E-state index contributed by atoms with van der Waals surface area (Å²) in [6, 6.07) is 3.16. The molecule has 0 bridgehead atoms. The summed E-state index contributed by atoms with van der Waals surface area (Å²) in [5.41, 5.74) is -1.43. The normalized spacial score (nSPS) is 20.1. The van der Waals surface area contributed by atoms with Crippen molar-refractivity contribution >= 4 is 10.8 Å². The van der Waals surface area contributed by atoms with E-state index in [1.165, 1.54) is 44.6 Å². The van der Waals surface area contributed by atoms with Gasteiger partial charge in [0.1, 0.15) is 23.0 Å². The molecule has 0 saturated heterocycles. The third-order valence-electron chi connectivity index (χ3n) is 6.42. The highest BCUT2D eigenvalue weighted by atomic mass is 19.4. The van der Waals surface area contributed by atoms with E-state index in [4.69, 9.17) is 0 Å². The molecule has 0 aliphatic heterocycles. The Morgan fingerprint density at radius 1 is 0.833 bits per heavy atom. The Morgan fingerprint density at radius 2 is 1.50 bits per heavy atom. The Morgan fingerprint density at radius 3 is 2.13 bits per heavy atom. The lowest BCUT2D eigenvalue weighted by molar-refractivity contribution is -0.142. The van der Waals surface area contributed by atoms with Crippen LogP contribution in [0.3, 0.4) is 0 Å². The molecule has 0 amide bonds. The molecule has 0 spiro atoms. The van der Waals surface area contributed by atoms with Gasteiger partial charge < -0.3 is 0 Å². The minimum absolute atomic E-state index is 0.0636. The monoisotopic (exact) mass is 430 g/mol. The first-order valence-corrected chi connectivity index (χ1v) is 10.9. The Hall–Kier alpha value is -1.72. The van der Waals surface area contributed by atoms with Gasteiger partial charge in [0.2, 0.25) is 0 Å². The van der Waals surface area contributed by atoms with E-state index >= 15 is 0 Å². The Kier molecular flexibility index (Phi) is 7.35. The molecule has 3 rings (SSSR count). The summed E-state index contributed by atoms with van der Waals surface area (Å²) in [5.74, 6) is -3.95. The first-order chi connectivity index (χ1) is 14.2. The highest BCUT2D eigenvalue weighted by Gasteiger charge is 2.39. The van der Waals surface area contributed by atoms with Crippen molar-refractivity contribution in [2.45, 2.75) is 83.2 Å². The van der Waals surface area contributed by atoms with Crippen molar-refractivity contribution in [2.75, 3.05) is 0 Å². The summed E-state index contributed by atoms with van der Waals surface area (Å²) in [5, 5.41) is -0.959. The van der Waals surface area contributed by atoms with E-state index in [1.807, 2.05) is 0 Å². The zero-order chi connectivity index (χ0) is 21.9. The number of rotatable bonds is 7. The smallest absolute Gasteiger partial charge is 0.206 e. The van der Waals surface area contributed by atoms with Gasteiger partial charge in [0.25, 0.3) is 0 Å². The van der Waals surface area contributed by atoms with E-state index in [-0.39, 0.29) is 11.3 Å². The van der Waals surface area contributed by atoms with Crippen LogP contribution < -0.4 is 0 Å². The van der Waals surface area contributed by atoms with Crippen LogP contribution in [0, 0.1) is 23.4 Å². The summed E-state index contributed by atoms with van der Waals surface area (Å²) >= 11 is 0. The molecular formula is C24H28F6. The van der Waals surface area contributed by atoms with Gasteiger partial charge in [-0.2, -0.15) is 13.2 Å². The third-order valence-corrected chi connectivity index (χ3v) is 6.42. The van der Waals surface area contributed by atoms with Crippen LogP contribution in [-0.2, 0) is 6.18 Å². The molecule has 1 saturated carbocycles. The van der Waals surface area contributed by atoms with E-state index < -0.39 is 34.6 Å². The fourth-order valence-electron chi connectivity index (χ4n) is 4.75. The average molecular weight is 430 g/mol. The second-order valence-corrected chi connectivity index (χ2v) is 8.57. The zero-order valence-corrected chi connectivity index (χ0v) is 17.2. The van der Waals surface area contributed by atoms with Gasteiger partial charge in [0.05, 0.1) is 5.39 Å². The lowest BCUT2D eigenvalue weighted by Crippen LogP contribution is -2.14. The minimum atomic E-state index is -5.22. The molecule has 1 aliphatic rings. The van der Waals surface area contributed by atoms with Crippen LogP contribution in [0.2, 0.25) is 0 Å². The standard InChI is InChI=1S/C24H28F6/c1-2-3-4-5-6-7-15-8-10-16(11-9-15)17-12-18-14-20(26)22(24(28,29)30)23(27)21(18)19(25)13-17/h12-16H,2-11H2,1H3. The SMILES string of the molecule is CCCCCCCC1CCC(c2cc(F)c3c(F)c(C(F)(F)F)c(F)cc3c2)CC1. The van der Waals surface area contributed by atoms with Gasteiger partial charge in [-0.05, 0) is 60.6 Å². The van der Waals surface area contributed by atoms with Gasteiger partial charge in [0, 0.05) is 0 Å². The van der Waals surface area contributed by atoms with Crippen LogP contribution >= 0.6 is 0 Å². The fraction of sp³-hybridized carbons (Fsp3) is 0.583. The van der Waals surface area contributed by atoms with Crippen molar-refractivity contribution in [3.8, 4) is 0 Å². The largest absolute Gasteiger partial charge is 0.422 e. The first kappa shape index (κ1) is 23.0. The van der Waals surface area contributed by atoms with Crippen LogP contribution in [0.1, 0.15) is 88.2 Å². The van der Waals surface area contributed by atoms with Crippen molar-refractivity contribution < 1.29 is 26.3 Å². The predicted octanol–water partition coefficient (Wildman–Crippen LogP) is 8.91. The van der Waals surface area contributed by atoms with Gasteiger partial charge in [-0.1, -0.05) is 51.5 Å². The molecule has 30 heavy (non-hydrogen) atoms. The summed E-state index contributed by atoms with van der Waals surface area (Å²) in [6.45, 7) is 2.19. The Labute approximate surface area is 173 Å². The summed E-state index contributed by atoms with van der Waals surface area (Å²) in [6.07, 6.45) is 5.96. The maximum Gasteiger partial charge on any atom is 0.422 e. The van der Waals surface area contributed by atoms with Gasteiger partial charge in [-0.15, -0.1) is 0 Å². The number of unbranched alkanes of at least 4 members (excludes halogenated alkanes) is 4. The molecule has 2 aromatic rings. The average Bonchev–Trinajstić information content (AvgIpc) is 2.66. The van der Waals surface area contributed by atoms with E-state index in [9.17, 15) is 26.3 Å².